The Morgan fingerprint density at radius 2 is 2.00 bits per heavy atom. The third-order valence-corrected chi connectivity index (χ3v) is 6.02. The van der Waals surface area contributed by atoms with Gasteiger partial charge < -0.3 is 14.7 Å². The van der Waals surface area contributed by atoms with Gasteiger partial charge in [0.05, 0.1) is 11.1 Å². The van der Waals surface area contributed by atoms with Crippen LogP contribution >= 0.6 is 11.3 Å². The van der Waals surface area contributed by atoms with Crippen molar-refractivity contribution in [2.45, 2.75) is 13.5 Å². The van der Waals surface area contributed by atoms with Gasteiger partial charge in [-0.3, -0.25) is 9.69 Å². The molecule has 0 atom stereocenters. The summed E-state index contributed by atoms with van der Waals surface area (Å²) in [6, 6.07) is 5.28. The fourth-order valence-electron chi connectivity index (χ4n) is 3.33. The zero-order valence-electron chi connectivity index (χ0n) is 15.0. The summed E-state index contributed by atoms with van der Waals surface area (Å²) in [4.78, 5) is 18.3. The van der Waals surface area contributed by atoms with E-state index < -0.39 is 0 Å². The fraction of sp³-hybridized carbons (Fsp3) is 0.350. The molecular weight excluding hydrogens is 348 g/mol. The monoisotopic (exact) mass is 370 g/mol. The van der Waals surface area contributed by atoms with Crippen LogP contribution in [0.5, 0.6) is 11.5 Å². The first-order chi connectivity index (χ1) is 12.5. The number of rotatable bonds is 3. The van der Waals surface area contributed by atoms with Crippen LogP contribution in [0, 0.1) is 6.92 Å². The number of carbonyl (C=O) groups is 1. The van der Waals surface area contributed by atoms with Crippen molar-refractivity contribution in [1.82, 2.24) is 9.80 Å². The molecule has 0 aliphatic carbocycles. The highest BCUT2D eigenvalue weighted by molar-refractivity contribution is 7.11. The smallest absolute Gasteiger partial charge is 0.232 e. The molecule has 2 aliphatic heterocycles. The van der Waals surface area contributed by atoms with Crippen LogP contribution in [0.3, 0.4) is 0 Å². The van der Waals surface area contributed by atoms with Gasteiger partial charge in [0.1, 0.15) is 11.5 Å². The second kappa shape index (κ2) is 6.87. The van der Waals surface area contributed by atoms with Crippen LogP contribution in [-0.4, -0.2) is 53.9 Å². The molecule has 0 radical (unpaired) electrons. The normalized spacial score (nSPS) is 19.8. The van der Waals surface area contributed by atoms with Crippen LogP contribution in [0.25, 0.3) is 6.08 Å². The molecule has 0 amide bonds. The molecule has 1 aromatic carbocycles. The number of thiophene rings is 1. The highest BCUT2D eigenvalue weighted by atomic mass is 32.1. The van der Waals surface area contributed by atoms with E-state index in [2.05, 4.69) is 16.8 Å². The second-order valence-corrected chi connectivity index (χ2v) is 7.87. The van der Waals surface area contributed by atoms with Gasteiger partial charge in [0.2, 0.25) is 5.78 Å². The Morgan fingerprint density at radius 1 is 1.23 bits per heavy atom. The average Bonchev–Trinajstić information content (AvgIpc) is 3.17. The fourth-order valence-corrected chi connectivity index (χ4v) is 4.18. The molecule has 1 N–H and O–H groups in total. The van der Waals surface area contributed by atoms with Crippen LogP contribution in [0.15, 0.2) is 29.3 Å². The van der Waals surface area contributed by atoms with Gasteiger partial charge in [-0.15, -0.1) is 11.3 Å². The lowest BCUT2D eigenvalue weighted by Gasteiger charge is -2.32. The summed E-state index contributed by atoms with van der Waals surface area (Å²) in [6.07, 6.45) is 1.80. The van der Waals surface area contributed by atoms with Crippen LogP contribution < -0.4 is 4.74 Å². The Morgan fingerprint density at radius 3 is 2.69 bits per heavy atom. The molecule has 3 heterocycles. The molecule has 26 heavy (non-hydrogen) atoms. The number of likely N-dealkylation sites (N-methyl/N-ethyl adjacent to an activating group) is 1. The van der Waals surface area contributed by atoms with Crippen molar-refractivity contribution in [1.29, 1.82) is 0 Å². The average molecular weight is 370 g/mol. The topological polar surface area (TPSA) is 53.0 Å². The first-order valence-electron chi connectivity index (χ1n) is 8.77. The lowest BCUT2D eigenvalue weighted by atomic mass is 10.0. The van der Waals surface area contributed by atoms with Gasteiger partial charge >= 0.3 is 0 Å². The SMILES string of the molecule is Cc1ccsc1/C=C1/Oc2c(ccc(O)c2CN2CCN(C)CC2)C1=O. The standard InChI is InChI=1S/C20H22N2O3S/c1-13-5-10-26-18(13)11-17-19(24)14-3-4-16(23)15(20(14)25-17)12-22-8-6-21(2)7-9-22/h3-5,10-11,23H,6-9,12H2,1-2H3/b17-11+. The van der Waals surface area contributed by atoms with Crippen LogP contribution in [-0.2, 0) is 6.54 Å². The maximum Gasteiger partial charge on any atom is 0.232 e. The Bertz CT molecular complexity index is 879. The highest BCUT2D eigenvalue weighted by Crippen LogP contribution is 2.40. The summed E-state index contributed by atoms with van der Waals surface area (Å²) in [5.74, 6) is 0.904. The number of aryl methyl sites for hydroxylation is 1. The molecule has 0 saturated carbocycles. The number of allylic oxidation sites excluding steroid dienone is 1. The number of phenolic OH excluding ortho intramolecular Hbond substituents is 1. The maximum atomic E-state index is 12.7. The van der Waals surface area contributed by atoms with Gasteiger partial charge in [-0.25, -0.2) is 0 Å². The van der Waals surface area contributed by atoms with Crippen LogP contribution in [0.4, 0.5) is 0 Å². The Labute approximate surface area is 157 Å². The number of ketones is 1. The van der Waals surface area contributed by atoms with Gasteiger partial charge in [-0.1, -0.05) is 0 Å². The molecule has 0 spiro atoms. The summed E-state index contributed by atoms with van der Waals surface area (Å²) < 4.78 is 5.94. The van der Waals surface area contributed by atoms with Crippen molar-refractivity contribution in [3.63, 3.8) is 0 Å². The highest BCUT2D eigenvalue weighted by Gasteiger charge is 2.32. The minimum atomic E-state index is -0.118. The first-order valence-corrected chi connectivity index (χ1v) is 9.65. The van der Waals surface area contributed by atoms with Gasteiger partial charge in [0.15, 0.2) is 5.76 Å². The number of Topliss-reactive ketones (excluding diaryl/α,β-unsaturated/α-hetero) is 1. The predicted molar refractivity (Wildman–Crippen MR) is 103 cm³/mol. The molecule has 0 unspecified atom stereocenters. The van der Waals surface area contributed by atoms with E-state index in [0.29, 0.717) is 29.2 Å². The summed E-state index contributed by atoms with van der Waals surface area (Å²) in [5.41, 5.74) is 2.36. The van der Waals surface area contributed by atoms with E-state index in [4.69, 9.17) is 4.74 Å². The van der Waals surface area contributed by atoms with Crippen molar-refractivity contribution in [2.75, 3.05) is 33.2 Å². The lowest BCUT2D eigenvalue weighted by molar-refractivity contribution is 0.101. The van der Waals surface area contributed by atoms with Crippen LogP contribution in [0.1, 0.15) is 26.4 Å². The molecule has 6 heteroatoms. The van der Waals surface area contributed by atoms with Crippen molar-refractivity contribution < 1.29 is 14.6 Å². The van der Waals surface area contributed by atoms with Gasteiger partial charge in [0.25, 0.3) is 0 Å². The zero-order chi connectivity index (χ0) is 18.3. The zero-order valence-corrected chi connectivity index (χ0v) is 15.8. The Balaban J connectivity index is 1.63. The summed E-state index contributed by atoms with van der Waals surface area (Å²) >= 11 is 1.58. The largest absolute Gasteiger partial charge is 0.507 e. The molecule has 1 aromatic heterocycles. The molecule has 2 aromatic rings. The molecule has 4 rings (SSSR count). The van der Waals surface area contributed by atoms with E-state index in [0.717, 1.165) is 36.6 Å². The molecule has 0 bridgehead atoms. The van der Waals surface area contributed by atoms with E-state index >= 15 is 0 Å². The van der Waals surface area contributed by atoms with Crippen molar-refractivity contribution >= 4 is 23.2 Å². The van der Waals surface area contributed by atoms with E-state index in [1.165, 1.54) is 0 Å². The predicted octanol–water partition coefficient (Wildman–Crippen LogP) is 3.13. The van der Waals surface area contributed by atoms with Crippen molar-refractivity contribution in [3.05, 3.63) is 50.9 Å². The minimum absolute atomic E-state index is 0.118. The number of hydrogen-bond donors (Lipinski definition) is 1. The quantitative estimate of drug-likeness (QED) is 0.842. The Hall–Kier alpha value is -2.15. The summed E-state index contributed by atoms with van der Waals surface area (Å²) in [6.45, 7) is 6.47. The van der Waals surface area contributed by atoms with Crippen LogP contribution in [0.2, 0.25) is 0 Å². The second-order valence-electron chi connectivity index (χ2n) is 6.93. The van der Waals surface area contributed by atoms with E-state index in [1.807, 2.05) is 18.4 Å². The van der Waals surface area contributed by atoms with Gasteiger partial charge in [0, 0.05) is 43.7 Å². The summed E-state index contributed by atoms with van der Waals surface area (Å²) in [5, 5.41) is 12.4. The molecule has 136 valence electrons. The number of ether oxygens (including phenoxy) is 1. The maximum absolute atomic E-state index is 12.7. The number of aromatic hydroxyl groups is 1. The number of hydrogen-bond acceptors (Lipinski definition) is 6. The molecule has 1 fully saturated rings. The number of piperazine rings is 1. The number of carbonyl (C=O) groups excluding carboxylic acids is 1. The first kappa shape index (κ1) is 17.3. The number of fused-ring (bicyclic) bond motifs is 1. The number of phenols is 1. The van der Waals surface area contributed by atoms with E-state index in [9.17, 15) is 9.90 Å². The summed E-state index contributed by atoms with van der Waals surface area (Å²) in [7, 11) is 2.11. The van der Waals surface area contributed by atoms with Crippen molar-refractivity contribution in [2.24, 2.45) is 0 Å². The Kier molecular flexibility index (Phi) is 4.56. The minimum Gasteiger partial charge on any atom is -0.507 e. The lowest BCUT2D eigenvalue weighted by Crippen LogP contribution is -2.43. The van der Waals surface area contributed by atoms with E-state index in [1.54, 1.807) is 29.5 Å². The number of benzene rings is 1. The third-order valence-electron chi connectivity index (χ3n) is 5.06. The molecular formula is C20H22N2O3S. The molecule has 1 saturated heterocycles. The van der Waals surface area contributed by atoms with E-state index in [-0.39, 0.29) is 11.5 Å². The number of nitrogens with zero attached hydrogens (tertiary/aromatic N) is 2. The molecule has 2 aliphatic rings. The van der Waals surface area contributed by atoms with Crippen molar-refractivity contribution in [3.8, 4) is 11.5 Å². The molecule has 5 nitrogen and oxygen atoms in total. The third kappa shape index (κ3) is 3.16. The van der Waals surface area contributed by atoms with Gasteiger partial charge in [-0.05, 0) is 43.1 Å². The van der Waals surface area contributed by atoms with Gasteiger partial charge in [-0.2, -0.15) is 0 Å².